The molecule has 1 aromatic carbocycles. The fourth-order valence-corrected chi connectivity index (χ4v) is 3.40. The van der Waals surface area contributed by atoms with E-state index in [2.05, 4.69) is 29.7 Å². The minimum absolute atomic E-state index is 0.515. The fourth-order valence-electron chi connectivity index (χ4n) is 3.07. The largest absolute Gasteiger partial charge is 0.389 e. The molecule has 0 aromatic heterocycles. The van der Waals surface area contributed by atoms with Gasteiger partial charge in [0, 0.05) is 29.8 Å². The summed E-state index contributed by atoms with van der Waals surface area (Å²) in [6.45, 7) is 10.5. The first-order valence-electron chi connectivity index (χ1n) is 7.53. The van der Waals surface area contributed by atoms with E-state index in [9.17, 15) is 5.11 Å². The van der Waals surface area contributed by atoms with Crippen LogP contribution >= 0.6 is 11.6 Å². The van der Waals surface area contributed by atoms with Crippen LogP contribution in [0.25, 0.3) is 0 Å². The summed E-state index contributed by atoms with van der Waals surface area (Å²) in [7, 11) is 0. The predicted octanol–water partition coefficient (Wildman–Crippen LogP) is 3.31. The third-order valence-electron chi connectivity index (χ3n) is 4.29. The van der Waals surface area contributed by atoms with Crippen molar-refractivity contribution in [3.05, 3.63) is 28.8 Å². The summed E-state index contributed by atoms with van der Waals surface area (Å²) >= 11 is 6.26. The molecule has 1 heterocycles. The van der Waals surface area contributed by atoms with Crippen molar-refractivity contribution in [2.75, 3.05) is 31.1 Å². The Morgan fingerprint density at radius 1 is 1.40 bits per heavy atom. The molecule has 0 amide bonds. The molecule has 1 aromatic rings. The van der Waals surface area contributed by atoms with E-state index in [-0.39, 0.29) is 0 Å². The number of aliphatic hydroxyl groups is 1. The summed E-state index contributed by atoms with van der Waals surface area (Å²) in [5.41, 5.74) is 1.96. The number of rotatable bonds is 5. The van der Waals surface area contributed by atoms with Gasteiger partial charge in [0.15, 0.2) is 0 Å². The van der Waals surface area contributed by atoms with Crippen LogP contribution in [0.4, 0.5) is 5.69 Å². The molecule has 1 N–H and O–H groups in total. The van der Waals surface area contributed by atoms with Gasteiger partial charge in [-0.15, -0.1) is 0 Å². The number of benzene rings is 1. The quantitative estimate of drug-likeness (QED) is 0.903. The van der Waals surface area contributed by atoms with Crippen molar-refractivity contribution in [3.63, 3.8) is 0 Å². The van der Waals surface area contributed by atoms with Gasteiger partial charge in [-0.2, -0.15) is 0 Å². The Bertz CT molecular complexity index is 446. The van der Waals surface area contributed by atoms with Crippen LogP contribution in [0.3, 0.4) is 0 Å². The molecule has 4 heteroatoms. The lowest BCUT2D eigenvalue weighted by Gasteiger charge is -2.27. The highest BCUT2D eigenvalue weighted by Crippen LogP contribution is 2.30. The molecule has 20 heavy (non-hydrogen) atoms. The van der Waals surface area contributed by atoms with E-state index in [1.54, 1.807) is 6.92 Å². The molecule has 1 aliphatic rings. The Labute approximate surface area is 127 Å². The Kier molecular flexibility index (Phi) is 5.30. The molecular formula is C16H25ClN2O. The molecule has 0 saturated carbocycles. The van der Waals surface area contributed by atoms with Gasteiger partial charge in [0.25, 0.3) is 0 Å². The number of nitrogens with zero attached hydrogens (tertiary/aromatic N) is 2. The molecule has 3 nitrogen and oxygen atoms in total. The molecule has 0 spiro atoms. The molecule has 112 valence electrons. The SMILES string of the molecule is CCN(CC)C1CCN(c2ccc(C(C)O)c(Cl)c2)C1. The Morgan fingerprint density at radius 3 is 2.65 bits per heavy atom. The van der Waals surface area contributed by atoms with Crippen LogP contribution in [0.2, 0.25) is 5.02 Å². The third kappa shape index (κ3) is 3.27. The molecule has 0 bridgehead atoms. The molecule has 1 fully saturated rings. The van der Waals surface area contributed by atoms with Gasteiger partial charge in [0.2, 0.25) is 0 Å². The first kappa shape index (κ1) is 15.6. The summed E-state index contributed by atoms with van der Waals surface area (Å²) < 4.78 is 0. The van der Waals surface area contributed by atoms with E-state index in [0.717, 1.165) is 37.4 Å². The number of hydrogen-bond donors (Lipinski definition) is 1. The van der Waals surface area contributed by atoms with Crippen molar-refractivity contribution < 1.29 is 5.11 Å². The van der Waals surface area contributed by atoms with Crippen LogP contribution in [0.15, 0.2) is 18.2 Å². The summed E-state index contributed by atoms with van der Waals surface area (Å²) in [5, 5.41) is 10.3. The smallest absolute Gasteiger partial charge is 0.0776 e. The molecule has 1 aliphatic heterocycles. The van der Waals surface area contributed by atoms with Crippen LogP contribution in [-0.4, -0.2) is 42.2 Å². The van der Waals surface area contributed by atoms with Gasteiger partial charge in [-0.3, -0.25) is 4.90 Å². The van der Waals surface area contributed by atoms with Crippen molar-refractivity contribution >= 4 is 17.3 Å². The fraction of sp³-hybridized carbons (Fsp3) is 0.625. The Morgan fingerprint density at radius 2 is 2.10 bits per heavy atom. The van der Waals surface area contributed by atoms with E-state index in [1.807, 2.05) is 12.1 Å². The number of likely N-dealkylation sites (N-methyl/N-ethyl adjacent to an activating group) is 1. The van der Waals surface area contributed by atoms with Gasteiger partial charge in [-0.1, -0.05) is 31.5 Å². The van der Waals surface area contributed by atoms with Crippen LogP contribution < -0.4 is 4.90 Å². The minimum Gasteiger partial charge on any atom is -0.389 e. The summed E-state index contributed by atoms with van der Waals surface area (Å²) in [6.07, 6.45) is 0.691. The first-order chi connectivity index (χ1) is 9.56. The highest BCUT2D eigenvalue weighted by molar-refractivity contribution is 6.31. The second kappa shape index (κ2) is 6.79. The van der Waals surface area contributed by atoms with E-state index in [1.165, 1.54) is 6.42 Å². The number of halogens is 1. The standard InChI is InChI=1S/C16H25ClN2O/c1-4-18(5-2)14-8-9-19(11-14)13-6-7-15(12(3)20)16(17)10-13/h6-7,10,12,14,20H,4-5,8-9,11H2,1-3H3. The molecule has 0 aliphatic carbocycles. The first-order valence-corrected chi connectivity index (χ1v) is 7.91. The zero-order valence-corrected chi connectivity index (χ0v) is 13.4. The highest BCUT2D eigenvalue weighted by Gasteiger charge is 2.26. The van der Waals surface area contributed by atoms with E-state index in [0.29, 0.717) is 11.1 Å². The lowest BCUT2D eigenvalue weighted by molar-refractivity contribution is 0.199. The van der Waals surface area contributed by atoms with E-state index < -0.39 is 6.10 Å². The molecule has 2 rings (SSSR count). The lowest BCUT2D eigenvalue weighted by Crippen LogP contribution is -2.37. The number of anilines is 1. The molecule has 1 saturated heterocycles. The number of aliphatic hydroxyl groups excluding tert-OH is 1. The van der Waals surface area contributed by atoms with E-state index >= 15 is 0 Å². The van der Waals surface area contributed by atoms with Crippen molar-refractivity contribution in [1.29, 1.82) is 0 Å². The minimum atomic E-state index is -0.515. The number of hydrogen-bond acceptors (Lipinski definition) is 3. The normalized spacial score (nSPS) is 20.7. The summed E-state index contributed by atoms with van der Waals surface area (Å²) in [5.74, 6) is 0. The average molecular weight is 297 g/mol. The van der Waals surface area contributed by atoms with Crippen LogP contribution in [0.1, 0.15) is 38.9 Å². The second-order valence-electron chi connectivity index (χ2n) is 5.49. The van der Waals surface area contributed by atoms with Gasteiger partial charge in [0.05, 0.1) is 6.10 Å². The van der Waals surface area contributed by atoms with Crippen LogP contribution in [0.5, 0.6) is 0 Å². The van der Waals surface area contributed by atoms with Gasteiger partial charge in [0.1, 0.15) is 0 Å². The van der Waals surface area contributed by atoms with Crippen molar-refractivity contribution in [2.24, 2.45) is 0 Å². The monoisotopic (exact) mass is 296 g/mol. The zero-order chi connectivity index (χ0) is 14.7. The third-order valence-corrected chi connectivity index (χ3v) is 4.62. The predicted molar refractivity (Wildman–Crippen MR) is 85.6 cm³/mol. The van der Waals surface area contributed by atoms with Crippen molar-refractivity contribution in [1.82, 2.24) is 4.90 Å². The van der Waals surface area contributed by atoms with Crippen LogP contribution in [-0.2, 0) is 0 Å². The van der Waals surface area contributed by atoms with E-state index in [4.69, 9.17) is 11.6 Å². The van der Waals surface area contributed by atoms with Gasteiger partial charge >= 0.3 is 0 Å². The zero-order valence-electron chi connectivity index (χ0n) is 12.6. The lowest BCUT2D eigenvalue weighted by atomic mass is 10.1. The topological polar surface area (TPSA) is 26.7 Å². The molecule has 0 radical (unpaired) electrons. The molecule has 2 unspecified atom stereocenters. The van der Waals surface area contributed by atoms with Gasteiger partial charge in [-0.05, 0) is 44.1 Å². The Balaban J connectivity index is 2.08. The maximum atomic E-state index is 9.63. The summed E-state index contributed by atoms with van der Waals surface area (Å²) in [6, 6.07) is 6.63. The van der Waals surface area contributed by atoms with Crippen LogP contribution in [0, 0.1) is 0 Å². The molecular weight excluding hydrogens is 272 g/mol. The molecule has 2 atom stereocenters. The van der Waals surface area contributed by atoms with Crippen molar-refractivity contribution in [2.45, 2.75) is 39.3 Å². The maximum absolute atomic E-state index is 9.63. The maximum Gasteiger partial charge on any atom is 0.0776 e. The summed E-state index contributed by atoms with van der Waals surface area (Å²) in [4.78, 5) is 4.91. The van der Waals surface area contributed by atoms with Crippen molar-refractivity contribution in [3.8, 4) is 0 Å². The van der Waals surface area contributed by atoms with Gasteiger partial charge < -0.3 is 10.0 Å². The average Bonchev–Trinajstić information content (AvgIpc) is 2.89. The second-order valence-corrected chi connectivity index (χ2v) is 5.90. The highest BCUT2D eigenvalue weighted by atomic mass is 35.5. The Hall–Kier alpha value is -0.770. The van der Waals surface area contributed by atoms with Gasteiger partial charge in [-0.25, -0.2) is 0 Å².